The van der Waals surface area contributed by atoms with Gasteiger partial charge in [0, 0.05) is 25.3 Å². The molecule has 0 aliphatic rings. The van der Waals surface area contributed by atoms with E-state index in [4.69, 9.17) is 5.73 Å². The summed E-state index contributed by atoms with van der Waals surface area (Å²) >= 11 is 0. The molecule has 0 aliphatic carbocycles. The number of anilines is 1. The Morgan fingerprint density at radius 1 is 1.10 bits per heavy atom. The van der Waals surface area contributed by atoms with E-state index in [0.29, 0.717) is 6.54 Å². The summed E-state index contributed by atoms with van der Waals surface area (Å²) in [7, 11) is 0. The third kappa shape index (κ3) is 3.36. The maximum Gasteiger partial charge on any atom is 0.123 e. The Bertz CT molecular complexity index is 564. The van der Waals surface area contributed by atoms with Crippen molar-refractivity contribution in [1.29, 1.82) is 0 Å². The van der Waals surface area contributed by atoms with Crippen LogP contribution in [0.4, 0.5) is 10.1 Å². The molecule has 106 valence electrons. The van der Waals surface area contributed by atoms with Crippen LogP contribution in [0, 0.1) is 12.7 Å². The summed E-state index contributed by atoms with van der Waals surface area (Å²) in [5.41, 5.74) is 10.4. The highest BCUT2D eigenvalue weighted by molar-refractivity contribution is 5.47. The number of rotatable bonds is 5. The average molecular weight is 272 g/mol. The van der Waals surface area contributed by atoms with E-state index in [9.17, 15) is 4.39 Å². The number of aryl methyl sites for hydroxylation is 1. The van der Waals surface area contributed by atoms with E-state index in [-0.39, 0.29) is 5.82 Å². The second-order valence-corrected chi connectivity index (χ2v) is 4.96. The molecule has 2 aromatic carbocycles. The molecule has 0 fully saturated rings. The van der Waals surface area contributed by atoms with Crippen molar-refractivity contribution in [3.05, 3.63) is 65.0 Å². The molecule has 0 heterocycles. The molecule has 0 aliphatic heterocycles. The maximum absolute atomic E-state index is 13.0. The second-order valence-electron chi connectivity index (χ2n) is 4.96. The molecule has 0 bridgehead atoms. The topological polar surface area (TPSA) is 29.3 Å². The van der Waals surface area contributed by atoms with Gasteiger partial charge >= 0.3 is 0 Å². The van der Waals surface area contributed by atoms with Gasteiger partial charge in [0.15, 0.2) is 0 Å². The van der Waals surface area contributed by atoms with Crippen LogP contribution in [0.1, 0.15) is 23.6 Å². The van der Waals surface area contributed by atoms with Crippen molar-refractivity contribution in [2.75, 3.05) is 11.4 Å². The SMILES string of the molecule is CCN(Cc1ccc(CN)cc1C)c1ccc(F)cc1. The van der Waals surface area contributed by atoms with Gasteiger partial charge in [-0.15, -0.1) is 0 Å². The van der Waals surface area contributed by atoms with Gasteiger partial charge in [0.25, 0.3) is 0 Å². The maximum atomic E-state index is 13.0. The predicted octanol–water partition coefficient (Wildman–Crippen LogP) is 3.62. The molecule has 0 unspecified atom stereocenters. The summed E-state index contributed by atoms with van der Waals surface area (Å²) < 4.78 is 13.0. The molecule has 2 aromatic rings. The predicted molar refractivity (Wildman–Crippen MR) is 82.2 cm³/mol. The van der Waals surface area contributed by atoms with E-state index < -0.39 is 0 Å². The van der Waals surface area contributed by atoms with Crippen molar-refractivity contribution in [3.63, 3.8) is 0 Å². The second kappa shape index (κ2) is 6.53. The van der Waals surface area contributed by atoms with Crippen LogP contribution in [0.2, 0.25) is 0 Å². The summed E-state index contributed by atoms with van der Waals surface area (Å²) in [5, 5.41) is 0. The largest absolute Gasteiger partial charge is 0.367 e. The van der Waals surface area contributed by atoms with Crippen LogP contribution in [0.5, 0.6) is 0 Å². The Morgan fingerprint density at radius 3 is 2.35 bits per heavy atom. The van der Waals surface area contributed by atoms with Crippen LogP contribution >= 0.6 is 0 Å². The van der Waals surface area contributed by atoms with Crippen molar-refractivity contribution in [3.8, 4) is 0 Å². The van der Waals surface area contributed by atoms with Crippen molar-refractivity contribution in [2.45, 2.75) is 26.9 Å². The summed E-state index contributed by atoms with van der Waals surface area (Å²) in [4.78, 5) is 2.23. The molecule has 0 atom stereocenters. The van der Waals surface area contributed by atoms with E-state index in [2.05, 4.69) is 36.9 Å². The quantitative estimate of drug-likeness (QED) is 0.900. The summed E-state index contributed by atoms with van der Waals surface area (Å²) in [6.07, 6.45) is 0. The lowest BCUT2D eigenvalue weighted by Crippen LogP contribution is -2.22. The lowest BCUT2D eigenvalue weighted by atomic mass is 10.0. The minimum Gasteiger partial charge on any atom is -0.367 e. The van der Waals surface area contributed by atoms with Crippen LogP contribution in [-0.2, 0) is 13.1 Å². The first kappa shape index (κ1) is 14.5. The van der Waals surface area contributed by atoms with Crippen LogP contribution < -0.4 is 10.6 Å². The first-order valence-corrected chi connectivity index (χ1v) is 6.93. The summed E-state index contributed by atoms with van der Waals surface area (Å²) in [5.74, 6) is -0.201. The van der Waals surface area contributed by atoms with Gasteiger partial charge in [-0.2, -0.15) is 0 Å². The van der Waals surface area contributed by atoms with E-state index in [1.54, 1.807) is 0 Å². The third-order valence-corrected chi connectivity index (χ3v) is 3.58. The fourth-order valence-corrected chi connectivity index (χ4v) is 2.31. The third-order valence-electron chi connectivity index (χ3n) is 3.58. The minimum atomic E-state index is -0.201. The Labute approximate surface area is 120 Å². The van der Waals surface area contributed by atoms with Gasteiger partial charge in [-0.3, -0.25) is 0 Å². The molecule has 0 saturated heterocycles. The molecule has 0 spiro atoms. The molecule has 0 saturated carbocycles. The monoisotopic (exact) mass is 272 g/mol. The van der Waals surface area contributed by atoms with Gasteiger partial charge in [0.05, 0.1) is 0 Å². The number of hydrogen-bond acceptors (Lipinski definition) is 2. The molecule has 2 nitrogen and oxygen atoms in total. The lowest BCUT2D eigenvalue weighted by Gasteiger charge is -2.24. The highest BCUT2D eigenvalue weighted by Gasteiger charge is 2.07. The van der Waals surface area contributed by atoms with E-state index >= 15 is 0 Å². The zero-order chi connectivity index (χ0) is 14.5. The minimum absolute atomic E-state index is 0.201. The van der Waals surface area contributed by atoms with Gasteiger partial charge in [-0.05, 0) is 54.8 Å². The molecular weight excluding hydrogens is 251 g/mol. The molecule has 3 heteroatoms. The van der Waals surface area contributed by atoms with Gasteiger partial charge in [0.2, 0.25) is 0 Å². The van der Waals surface area contributed by atoms with Crippen LogP contribution in [0.15, 0.2) is 42.5 Å². The van der Waals surface area contributed by atoms with Gasteiger partial charge in [-0.25, -0.2) is 4.39 Å². The molecule has 20 heavy (non-hydrogen) atoms. The van der Waals surface area contributed by atoms with Crippen molar-refractivity contribution in [1.82, 2.24) is 0 Å². The number of halogens is 1. The Kier molecular flexibility index (Phi) is 4.74. The standard InChI is InChI=1S/C17H21FN2/c1-3-20(17-8-6-16(18)7-9-17)12-15-5-4-14(11-19)10-13(15)2/h4-10H,3,11-12,19H2,1-2H3. The van der Waals surface area contributed by atoms with Crippen LogP contribution in [0.25, 0.3) is 0 Å². The van der Waals surface area contributed by atoms with Gasteiger partial charge < -0.3 is 10.6 Å². The molecule has 2 N–H and O–H groups in total. The number of nitrogens with zero attached hydrogens (tertiary/aromatic N) is 1. The molecule has 0 radical (unpaired) electrons. The molecule has 2 rings (SSSR count). The lowest BCUT2D eigenvalue weighted by molar-refractivity contribution is 0.627. The Balaban J connectivity index is 2.20. The van der Waals surface area contributed by atoms with E-state index in [1.165, 1.54) is 23.3 Å². The summed E-state index contributed by atoms with van der Waals surface area (Å²) in [6, 6.07) is 13.0. The normalized spacial score (nSPS) is 10.6. The van der Waals surface area contributed by atoms with E-state index in [1.807, 2.05) is 12.1 Å². The van der Waals surface area contributed by atoms with Gasteiger partial charge in [0.1, 0.15) is 5.82 Å². The number of hydrogen-bond donors (Lipinski definition) is 1. The molecule has 0 aromatic heterocycles. The fourth-order valence-electron chi connectivity index (χ4n) is 2.31. The first-order valence-electron chi connectivity index (χ1n) is 6.93. The Hall–Kier alpha value is -1.87. The van der Waals surface area contributed by atoms with Crippen molar-refractivity contribution in [2.24, 2.45) is 5.73 Å². The zero-order valence-electron chi connectivity index (χ0n) is 12.1. The molecule has 0 amide bonds. The van der Waals surface area contributed by atoms with Crippen molar-refractivity contribution < 1.29 is 4.39 Å². The van der Waals surface area contributed by atoms with Crippen LogP contribution in [0.3, 0.4) is 0 Å². The molecular formula is C17H21FN2. The first-order chi connectivity index (χ1) is 9.63. The number of nitrogens with two attached hydrogens (primary N) is 1. The van der Waals surface area contributed by atoms with Crippen molar-refractivity contribution >= 4 is 5.69 Å². The van der Waals surface area contributed by atoms with Gasteiger partial charge in [-0.1, -0.05) is 18.2 Å². The highest BCUT2D eigenvalue weighted by Crippen LogP contribution is 2.20. The number of benzene rings is 2. The Morgan fingerprint density at radius 2 is 1.80 bits per heavy atom. The fraction of sp³-hybridized carbons (Fsp3) is 0.294. The summed E-state index contributed by atoms with van der Waals surface area (Å²) in [6.45, 7) is 6.47. The highest BCUT2D eigenvalue weighted by atomic mass is 19.1. The average Bonchev–Trinajstić information content (AvgIpc) is 2.47. The zero-order valence-corrected chi connectivity index (χ0v) is 12.1. The van der Waals surface area contributed by atoms with Crippen LogP contribution in [-0.4, -0.2) is 6.54 Å². The smallest absolute Gasteiger partial charge is 0.123 e. The van der Waals surface area contributed by atoms with E-state index in [0.717, 1.165) is 24.3 Å².